The quantitative estimate of drug-likeness (QED) is 0.156. The van der Waals surface area contributed by atoms with Crippen LogP contribution < -0.4 is 0 Å². The average molecular weight is 908 g/mol. The van der Waals surface area contributed by atoms with Crippen LogP contribution in [0.15, 0.2) is 109 Å². The maximum Gasteiger partial charge on any atom is 0.0774 e. The maximum absolute atomic E-state index is 7.28. The standard InChI is InChI=1S/C36H35N2S.C13H12N.Ir/c1-21(2)27-11-10-12-28(22(3)4)35(27)38-32-14-9-8-13-31(32)37-36(38)30-20-39-33-16-15-26(19-29(30)33)34-24(6)17-23(5)18-25(34)7;1-10-3-6-12(7-4-10)13-8-5-11(2)9-14-13;/h8-19,21-22H,1-7H3;3-6,8-9H,1-2H3;/q2*-1;/i;1D3,2D3;. The molecule has 0 aliphatic carbocycles. The van der Waals surface area contributed by atoms with E-state index in [1.54, 1.807) is 23.5 Å². The summed E-state index contributed by atoms with van der Waals surface area (Å²) in [4.78, 5) is 9.35. The van der Waals surface area contributed by atoms with E-state index >= 15 is 0 Å². The van der Waals surface area contributed by atoms with Gasteiger partial charge in [-0.2, -0.15) is 0 Å². The van der Waals surface area contributed by atoms with Gasteiger partial charge in [0.15, 0.2) is 0 Å². The molecule has 3 heterocycles. The van der Waals surface area contributed by atoms with E-state index in [0.29, 0.717) is 23.1 Å². The second-order valence-electron chi connectivity index (χ2n) is 14.3. The van der Waals surface area contributed by atoms with Gasteiger partial charge in [-0.25, -0.2) is 0 Å². The molecular formula is C49H47IrN3S-2. The Bertz CT molecular complexity index is 2670. The Kier molecular flexibility index (Phi) is 9.60. The van der Waals surface area contributed by atoms with Crippen LogP contribution in [0.2, 0.25) is 0 Å². The Hall–Kier alpha value is -4.67. The summed E-state index contributed by atoms with van der Waals surface area (Å²) in [6, 6.07) is 37.2. The van der Waals surface area contributed by atoms with Crippen LogP contribution in [0, 0.1) is 45.9 Å². The molecule has 8 aromatic rings. The first-order valence-corrected chi connectivity index (χ1v) is 18.9. The smallest absolute Gasteiger partial charge is 0.0774 e. The summed E-state index contributed by atoms with van der Waals surface area (Å²) in [5.74, 6) is 1.73. The number of hydrogen-bond donors (Lipinski definition) is 0. The summed E-state index contributed by atoms with van der Waals surface area (Å²) in [5, 5.41) is 4.88. The number of pyridine rings is 1. The van der Waals surface area contributed by atoms with Crippen LogP contribution >= 0.6 is 11.3 Å². The number of fused-ring (bicyclic) bond motifs is 2. The van der Waals surface area contributed by atoms with Crippen molar-refractivity contribution in [1.29, 1.82) is 0 Å². The predicted octanol–water partition coefficient (Wildman–Crippen LogP) is 13.7. The van der Waals surface area contributed by atoms with Gasteiger partial charge < -0.3 is 9.55 Å². The fourth-order valence-corrected chi connectivity index (χ4v) is 8.08. The van der Waals surface area contributed by atoms with Crippen molar-refractivity contribution in [3.8, 4) is 39.5 Å². The molecule has 0 saturated heterocycles. The fourth-order valence-electron chi connectivity index (χ4n) is 7.26. The minimum absolute atomic E-state index is 0. The predicted molar refractivity (Wildman–Crippen MR) is 227 cm³/mol. The summed E-state index contributed by atoms with van der Waals surface area (Å²) in [5.41, 5.74) is 15.2. The van der Waals surface area contributed by atoms with E-state index in [0.717, 1.165) is 22.4 Å². The molecule has 5 heteroatoms. The molecule has 275 valence electrons. The Morgan fingerprint density at radius 1 is 0.741 bits per heavy atom. The number of aryl methyl sites for hydroxylation is 5. The molecule has 0 aliphatic rings. The van der Waals surface area contributed by atoms with Gasteiger partial charge in [-0.1, -0.05) is 129 Å². The molecule has 0 N–H and O–H groups in total. The van der Waals surface area contributed by atoms with Crippen LogP contribution in [0.4, 0.5) is 0 Å². The number of para-hydroxylation sites is 3. The van der Waals surface area contributed by atoms with Crippen LogP contribution in [-0.2, 0) is 20.1 Å². The average Bonchev–Trinajstić information content (AvgIpc) is 3.78. The van der Waals surface area contributed by atoms with Gasteiger partial charge in [-0.15, -0.1) is 40.8 Å². The molecule has 0 unspecified atom stereocenters. The van der Waals surface area contributed by atoms with Gasteiger partial charge in [-0.05, 0) is 96.2 Å². The van der Waals surface area contributed by atoms with Gasteiger partial charge in [0.25, 0.3) is 0 Å². The van der Waals surface area contributed by atoms with Crippen molar-refractivity contribution < 1.29 is 28.3 Å². The van der Waals surface area contributed by atoms with Gasteiger partial charge in [0.2, 0.25) is 0 Å². The number of imidazole rings is 1. The van der Waals surface area contributed by atoms with Crippen molar-refractivity contribution in [3.05, 3.63) is 160 Å². The van der Waals surface area contributed by atoms with E-state index in [4.69, 9.17) is 13.2 Å². The molecule has 8 rings (SSSR count). The Balaban J connectivity index is 0.000000243. The Labute approximate surface area is 347 Å². The van der Waals surface area contributed by atoms with Crippen LogP contribution in [0.1, 0.15) is 86.7 Å². The first-order chi connectivity index (χ1) is 27.9. The molecule has 5 aromatic carbocycles. The summed E-state index contributed by atoms with van der Waals surface area (Å²) in [6.45, 7) is 11.4. The van der Waals surface area contributed by atoms with Crippen molar-refractivity contribution in [3.63, 3.8) is 0 Å². The van der Waals surface area contributed by atoms with E-state index in [2.05, 4.69) is 142 Å². The number of aromatic nitrogens is 3. The minimum Gasteiger partial charge on any atom is -0.333 e. The van der Waals surface area contributed by atoms with Gasteiger partial charge in [0.1, 0.15) is 0 Å². The third-order valence-electron chi connectivity index (χ3n) is 9.68. The van der Waals surface area contributed by atoms with E-state index < -0.39 is 13.7 Å². The first-order valence-electron chi connectivity index (χ1n) is 21.0. The minimum atomic E-state index is -2.18. The zero-order valence-electron chi connectivity index (χ0n) is 37.6. The Morgan fingerprint density at radius 2 is 1.44 bits per heavy atom. The van der Waals surface area contributed by atoms with Crippen molar-refractivity contribution >= 4 is 32.5 Å². The van der Waals surface area contributed by atoms with E-state index in [-0.39, 0.29) is 31.2 Å². The number of nitrogens with zero attached hydrogens (tertiary/aromatic N) is 3. The zero-order chi connectivity index (χ0) is 42.4. The molecule has 54 heavy (non-hydrogen) atoms. The van der Waals surface area contributed by atoms with E-state index in [9.17, 15) is 0 Å². The summed E-state index contributed by atoms with van der Waals surface area (Å²) >= 11 is 1.68. The zero-order valence-corrected chi connectivity index (χ0v) is 34.8. The van der Waals surface area contributed by atoms with Gasteiger partial charge in [0, 0.05) is 40.2 Å². The second kappa shape index (κ2) is 16.4. The number of thiophene rings is 1. The molecule has 3 nitrogen and oxygen atoms in total. The van der Waals surface area contributed by atoms with E-state index in [1.807, 2.05) is 0 Å². The first kappa shape index (κ1) is 31.7. The van der Waals surface area contributed by atoms with Crippen LogP contribution in [0.3, 0.4) is 0 Å². The second-order valence-corrected chi connectivity index (χ2v) is 15.2. The van der Waals surface area contributed by atoms with Crippen LogP contribution in [0.5, 0.6) is 0 Å². The third-order valence-corrected chi connectivity index (χ3v) is 10.6. The normalized spacial score (nSPS) is 13.4. The third kappa shape index (κ3) is 7.77. The molecule has 0 aliphatic heterocycles. The number of rotatable bonds is 6. The molecule has 1 radical (unpaired) electrons. The van der Waals surface area contributed by atoms with Gasteiger partial charge in [-0.3, -0.25) is 16.3 Å². The fraction of sp³-hybridized carbons (Fsp3) is 0.224. The van der Waals surface area contributed by atoms with Crippen molar-refractivity contribution in [2.45, 2.75) is 74.0 Å². The Morgan fingerprint density at radius 3 is 2.07 bits per heavy atom. The summed E-state index contributed by atoms with van der Waals surface area (Å²) in [7, 11) is 0. The summed E-state index contributed by atoms with van der Waals surface area (Å²) < 4.78 is 47.3. The van der Waals surface area contributed by atoms with Crippen LogP contribution in [0.25, 0.3) is 60.6 Å². The molecule has 0 spiro atoms. The molecule has 0 fully saturated rings. The van der Waals surface area contributed by atoms with Gasteiger partial charge in [0.05, 0.1) is 16.9 Å². The topological polar surface area (TPSA) is 30.7 Å². The molecule has 0 bridgehead atoms. The van der Waals surface area contributed by atoms with Crippen molar-refractivity contribution in [1.82, 2.24) is 14.5 Å². The van der Waals surface area contributed by atoms with Gasteiger partial charge >= 0.3 is 0 Å². The molecule has 0 atom stereocenters. The molecular weight excluding hydrogens is 855 g/mol. The van der Waals surface area contributed by atoms with E-state index in [1.165, 1.54) is 79.1 Å². The summed E-state index contributed by atoms with van der Waals surface area (Å²) in [6.07, 6.45) is 1.30. The van der Waals surface area contributed by atoms with Crippen molar-refractivity contribution in [2.24, 2.45) is 0 Å². The number of benzene rings is 5. The van der Waals surface area contributed by atoms with Crippen LogP contribution in [-0.4, -0.2) is 14.5 Å². The molecule has 3 aromatic heterocycles. The maximum atomic E-state index is 7.28. The SMILES string of the molecule is Cc1cc(C)c(-c2ccc3s[c-]c(-c4nc5ccccc5n4-c4c(C(C)C)cccc4C(C)C)c3c2)c(C)c1.[2H]C([2H])([2H])c1c[c-]c(-c2ccc(C([2H])([2H])[2H])cn2)cc1.[Ir]. The molecule has 0 saturated carbocycles. The van der Waals surface area contributed by atoms with Crippen molar-refractivity contribution in [2.75, 3.05) is 0 Å². The molecule has 0 amide bonds. The largest absolute Gasteiger partial charge is 0.333 e. The monoisotopic (exact) mass is 908 g/mol. The number of hydrogen-bond acceptors (Lipinski definition) is 3.